The molecule has 0 unspecified atom stereocenters. The largest absolute Gasteiger partial charge is 0.326 e. The van der Waals surface area contributed by atoms with Crippen LogP contribution in [0.2, 0.25) is 5.02 Å². The van der Waals surface area contributed by atoms with Crippen LogP contribution < -0.4 is 5.32 Å². The van der Waals surface area contributed by atoms with Crippen molar-refractivity contribution in [1.29, 1.82) is 0 Å². The van der Waals surface area contributed by atoms with Gasteiger partial charge in [-0.05, 0) is 43.4 Å². The van der Waals surface area contributed by atoms with Gasteiger partial charge in [-0.2, -0.15) is 0 Å². The highest BCUT2D eigenvalue weighted by Gasteiger charge is 2.23. The summed E-state index contributed by atoms with van der Waals surface area (Å²) in [6.45, 7) is 2.94. The minimum atomic E-state index is -0.193. The molecule has 0 heterocycles. The number of hydrogen-bond acceptors (Lipinski definition) is 2. The van der Waals surface area contributed by atoms with E-state index < -0.39 is 0 Å². The summed E-state index contributed by atoms with van der Waals surface area (Å²) in [5.41, 5.74) is 3.23. The van der Waals surface area contributed by atoms with Crippen molar-refractivity contribution in [2.75, 3.05) is 5.32 Å². The third-order valence-corrected chi connectivity index (χ3v) is 3.35. The standard InChI is InChI=1S/C13H14ClNO2/c1-7(16)13-10-5-3-4-9(10)11(14)6-12(13)15-8(2)17/h6H,3-5H2,1-2H3,(H,15,17). The Morgan fingerprint density at radius 1 is 1.24 bits per heavy atom. The molecular weight excluding hydrogens is 238 g/mol. The molecule has 0 radical (unpaired) electrons. The van der Waals surface area contributed by atoms with E-state index in [1.165, 1.54) is 13.8 Å². The molecule has 1 aromatic rings. The van der Waals surface area contributed by atoms with E-state index in [0.29, 0.717) is 16.3 Å². The molecule has 17 heavy (non-hydrogen) atoms. The zero-order valence-corrected chi connectivity index (χ0v) is 10.6. The van der Waals surface area contributed by atoms with Crippen molar-refractivity contribution in [1.82, 2.24) is 0 Å². The maximum absolute atomic E-state index is 11.7. The van der Waals surface area contributed by atoms with Crippen LogP contribution in [-0.4, -0.2) is 11.7 Å². The molecule has 4 heteroatoms. The summed E-state index contributed by atoms with van der Waals surface area (Å²) in [5, 5.41) is 3.33. The van der Waals surface area contributed by atoms with Crippen molar-refractivity contribution >= 4 is 29.0 Å². The van der Waals surface area contributed by atoms with Gasteiger partial charge in [0, 0.05) is 17.5 Å². The molecule has 1 N–H and O–H groups in total. The number of ketones is 1. The minimum Gasteiger partial charge on any atom is -0.326 e. The van der Waals surface area contributed by atoms with Crippen molar-refractivity contribution < 1.29 is 9.59 Å². The number of carbonyl (C=O) groups is 2. The summed E-state index contributed by atoms with van der Waals surface area (Å²) in [6, 6.07) is 1.68. The Hall–Kier alpha value is -1.35. The van der Waals surface area contributed by atoms with Crippen molar-refractivity contribution in [3.63, 3.8) is 0 Å². The molecule has 0 spiro atoms. The SMILES string of the molecule is CC(=O)Nc1cc(Cl)c2c(c1C(C)=O)CCC2. The summed E-state index contributed by atoms with van der Waals surface area (Å²) in [4.78, 5) is 22.9. The molecule has 1 aliphatic carbocycles. The average molecular weight is 252 g/mol. The number of hydrogen-bond donors (Lipinski definition) is 1. The van der Waals surface area contributed by atoms with Gasteiger partial charge in [0.15, 0.2) is 5.78 Å². The predicted octanol–water partition coefficient (Wildman–Crippen LogP) is 2.99. The van der Waals surface area contributed by atoms with E-state index in [1.54, 1.807) is 6.07 Å². The molecule has 0 fully saturated rings. The monoisotopic (exact) mass is 251 g/mol. The second-order valence-corrected chi connectivity index (χ2v) is 4.74. The van der Waals surface area contributed by atoms with E-state index >= 15 is 0 Å². The van der Waals surface area contributed by atoms with Gasteiger partial charge < -0.3 is 5.32 Å². The van der Waals surface area contributed by atoms with Gasteiger partial charge >= 0.3 is 0 Å². The number of halogens is 1. The van der Waals surface area contributed by atoms with Crippen LogP contribution >= 0.6 is 11.6 Å². The molecule has 0 bridgehead atoms. The maximum atomic E-state index is 11.7. The van der Waals surface area contributed by atoms with Gasteiger partial charge in [0.25, 0.3) is 0 Å². The maximum Gasteiger partial charge on any atom is 0.221 e. The number of carbonyl (C=O) groups excluding carboxylic acids is 2. The molecule has 3 nitrogen and oxygen atoms in total. The van der Waals surface area contributed by atoms with Crippen molar-refractivity contribution in [2.45, 2.75) is 33.1 Å². The summed E-state index contributed by atoms with van der Waals surface area (Å²) < 4.78 is 0. The fourth-order valence-corrected chi connectivity index (χ4v) is 2.74. The van der Waals surface area contributed by atoms with Crippen molar-refractivity contribution in [3.05, 3.63) is 27.8 Å². The normalized spacial score (nSPS) is 13.4. The van der Waals surface area contributed by atoms with Crippen molar-refractivity contribution in [2.24, 2.45) is 0 Å². The van der Waals surface area contributed by atoms with E-state index in [1.807, 2.05) is 0 Å². The van der Waals surface area contributed by atoms with Crippen LogP contribution in [0.15, 0.2) is 6.07 Å². The summed E-state index contributed by atoms with van der Waals surface area (Å²) >= 11 is 6.17. The van der Waals surface area contributed by atoms with Gasteiger partial charge in [-0.1, -0.05) is 11.6 Å². The summed E-state index contributed by atoms with van der Waals surface area (Å²) in [5.74, 6) is -0.218. The third kappa shape index (κ3) is 2.20. The second-order valence-electron chi connectivity index (χ2n) is 4.33. The number of rotatable bonds is 2. The van der Waals surface area contributed by atoms with Crippen LogP contribution in [0.5, 0.6) is 0 Å². The Balaban J connectivity index is 2.63. The zero-order chi connectivity index (χ0) is 12.6. The lowest BCUT2D eigenvalue weighted by Gasteiger charge is -2.14. The fraction of sp³-hybridized carbons (Fsp3) is 0.385. The number of anilines is 1. The van der Waals surface area contributed by atoms with E-state index in [9.17, 15) is 9.59 Å². The van der Waals surface area contributed by atoms with Gasteiger partial charge in [0.05, 0.1) is 5.69 Å². The molecule has 0 saturated heterocycles. The van der Waals surface area contributed by atoms with E-state index in [2.05, 4.69) is 5.32 Å². The molecule has 0 saturated carbocycles. The lowest BCUT2D eigenvalue weighted by molar-refractivity contribution is -0.114. The quantitative estimate of drug-likeness (QED) is 0.822. The molecule has 1 aromatic carbocycles. The molecule has 0 aromatic heterocycles. The Labute approximate surface area is 105 Å². The summed E-state index contributed by atoms with van der Waals surface area (Å²) in [7, 11) is 0. The van der Waals surface area contributed by atoms with Gasteiger partial charge in [-0.3, -0.25) is 9.59 Å². The Morgan fingerprint density at radius 3 is 2.47 bits per heavy atom. The molecule has 2 rings (SSSR count). The van der Waals surface area contributed by atoms with Gasteiger partial charge in [0.2, 0.25) is 5.91 Å². The van der Waals surface area contributed by atoms with E-state index in [-0.39, 0.29) is 11.7 Å². The topological polar surface area (TPSA) is 46.2 Å². The first kappa shape index (κ1) is 12.1. The summed E-state index contributed by atoms with van der Waals surface area (Å²) in [6.07, 6.45) is 2.78. The first-order chi connectivity index (χ1) is 8.00. The Kier molecular flexibility index (Phi) is 3.20. The highest BCUT2D eigenvalue weighted by Crippen LogP contribution is 2.36. The Bertz CT molecular complexity index is 509. The lowest BCUT2D eigenvalue weighted by atomic mass is 9.98. The van der Waals surface area contributed by atoms with Gasteiger partial charge in [0.1, 0.15) is 0 Å². The highest BCUT2D eigenvalue weighted by molar-refractivity contribution is 6.32. The molecule has 0 aliphatic heterocycles. The van der Waals surface area contributed by atoms with Crippen LogP contribution in [0.3, 0.4) is 0 Å². The number of benzene rings is 1. The van der Waals surface area contributed by atoms with Crippen LogP contribution in [0.25, 0.3) is 0 Å². The smallest absolute Gasteiger partial charge is 0.221 e. The third-order valence-electron chi connectivity index (χ3n) is 3.01. The Morgan fingerprint density at radius 2 is 1.88 bits per heavy atom. The van der Waals surface area contributed by atoms with Crippen LogP contribution in [0.1, 0.15) is 41.8 Å². The van der Waals surface area contributed by atoms with E-state index in [0.717, 1.165) is 30.4 Å². The molecule has 1 aliphatic rings. The predicted molar refractivity (Wildman–Crippen MR) is 67.8 cm³/mol. The molecule has 1 amide bonds. The molecule has 90 valence electrons. The van der Waals surface area contributed by atoms with Gasteiger partial charge in [-0.25, -0.2) is 0 Å². The van der Waals surface area contributed by atoms with Crippen LogP contribution in [0.4, 0.5) is 5.69 Å². The molecular formula is C13H14ClNO2. The zero-order valence-electron chi connectivity index (χ0n) is 9.89. The minimum absolute atomic E-state index is 0.0245. The van der Waals surface area contributed by atoms with Crippen LogP contribution in [0, 0.1) is 0 Å². The van der Waals surface area contributed by atoms with Gasteiger partial charge in [-0.15, -0.1) is 0 Å². The second kappa shape index (κ2) is 4.49. The number of nitrogens with one attached hydrogen (secondary N) is 1. The van der Waals surface area contributed by atoms with Crippen LogP contribution in [-0.2, 0) is 17.6 Å². The van der Waals surface area contributed by atoms with E-state index in [4.69, 9.17) is 11.6 Å². The molecule has 0 atom stereocenters. The number of Topliss-reactive ketones (excluding diaryl/α,β-unsaturated/α-hetero) is 1. The number of amides is 1. The van der Waals surface area contributed by atoms with Crippen molar-refractivity contribution in [3.8, 4) is 0 Å². The fourth-order valence-electron chi connectivity index (χ4n) is 2.42. The first-order valence-electron chi connectivity index (χ1n) is 5.63. The highest BCUT2D eigenvalue weighted by atomic mass is 35.5. The lowest BCUT2D eigenvalue weighted by Crippen LogP contribution is -2.12. The average Bonchev–Trinajstić information content (AvgIpc) is 2.64. The first-order valence-corrected chi connectivity index (χ1v) is 6.01. The number of fused-ring (bicyclic) bond motifs is 1.